The van der Waals surface area contributed by atoms with Crippen LogP contribution in [0, 0.1) is 0 Å². The van der Waals surface area contributed by atoms with Crippen LogP contribution in [0.15, 0.2) is 54.7 Å². The van der Waals surface area contributed by atoms with Gasteiger partial charge in [-0.05, 0) is 48.7 Å². The highest BCUT2D eigenvalue weighted by molar-refractivity contribution is 6.03. The molecular weight excluding hydrogens is 290 g/mol. The quantitative estimate of drug-likeness (QED) is 0.771. The molecule has 0 amide bonds. The highest BCUT2D eigenvalue weighted by Gasteiger charge is 2.15. The Labute approximate surface area is 134 Å². The fraction of sp³-hybridized carbons (Fsp3) is 0.158. The minimum Gasteiger partial charge on any atom is -0.478 e. The Hall–Kier alpha value is -2.72. The van der Waals surface area contributed by atoms with Gasteiger partial charge in [-0.25, -0.2) is 4.79 Å². The Balaban J connectivity index is 2.10. The van der Waals surface area contributed by atoms with Crippen molar-refractivity contribution in [3.8, 4) is 11.1 Å². The van der Waals surface area contributed by atoms with E-state index in [2.05, 4.69) is 4.98 Å². The summed E-state index contributed by atoms with van der Waals surface area (Å²) < 4.78 is 0. The first kappa shape index (κ1) is 15.2. The van der Waals surface area contributed by atoms with Gasteiger partial charge in [0.2, 0.25) is 0 Å². The van der Waals surface area contributed by atoms with Gasteiger partial charge in [0.25, 0.3) is 0 Å². The normalized spacial score (nSPS) is 11.6. The largest absolute Gasteiger partial charge is 0.478 e. The molecule has 0 atom stereocenters. The average molecular weight is 307 g/mol. The predicted molar refractivity (Wildman–Crippen MR) is 89.4 cm³/mol. The number of carboxylic acid groups (broad SMARTS) is 1. The molecule has 0 spiro atoms. The molecular formula is C19H17NO3. The molecule has 3 rings (SSSR count). The van der Waals surface area contributed by atoms with E-state index in [4.69, 9.17) is 0 Å². The number of carboxylic acids is 1. The first-order valence-electron chi connectivity index (χ1n) is 7.31. The van der Waals surface area contributed by atoms with E-state index < -0.39 is 11.6 Å². The van der Waals surface area contributed by atoms with E-state index in [0.29, 0.717) is 10.9 Å². The minimum absolute atomic E-state index is 0.241. The lowest BCUT2D eigenvalue weighted by atomic mass is 9.95. The van der Waals surface area contributed by atoms with E-state index >= 15 is 0 Å². The van der Waals surface area contributed by atoms with Crippen LogP contribution in [-0.4, -0.2) is 21.2 Å². The summed E-state index contributed by atoms with van der Waals surface area (Å²) in [6.45, 7) is 3.48. The maximum atomic E-state index is 11.4. The molecule has 2 N–H and O–H groups in total. The number of benzene rings is 2. The summed E-state index contributed by atoms with van der Waals surface area (Å²) >= 11 is 0. The second kappa shape index (κ2) is 5.48. The van der Waals surface area contributed by atoms with E-state index in [0.717, 1.165) is 16.7 Å². The Bertz CT molecular complexity index is 877. The van der Waals surface area contributed by atoms with Crippen molar-refractivity contribution in [3.05, 3.63) is 65.9 Å². The average Bonchev–Trinajstić information content (AvgIpc) is 2.53. The monoisotopic (exact) mass is 307 g/mol. The third-order valence-electron chi connectivity index (χ3n) is 3.90. The molecule has 2 aromatic carbocycles. The standard InChI is InChI=1S/C19H17NO3/c1-19(2,23)14-6-3-12(4-7-14)13-5-8-17-16(11-13)15(18(21)22)9-10-20-17/h3-11,23H,1-2H3,(H,21,22). The highest BCUT2D eigenvalue weighted by Crippen LogP contribution is 2.28. The SMILES string of the molecule is CC(C)(O)c1ccc(-c2ccc3nccc(C(=O)O)c3c2)cc1. The molecule has 4 heteroatoms. The van der Waals surface area contributed by atoms with Crippen molar-refractivity contribution in [2.24, 2.45) is 0 Å². The van der Waals surface area contributed by atoms with Gasteiger partial charge in [0, 0.05) is 11.6 Å². The zero-order valence-corrected chi connectivity index (χ0v) is 12.9. The topological polar surface area (TPSA) is 70.4 Å². The van der Waals surface area contributed by atoms with Crippen LogP contribution in [-0.2, 0) is 5.60 Å². The number of aliphatic hydroxyl groups is 1. The van der Waals surface area contributed by atoms with Crippen molar-refractivity contribution in [2.45, 2.75) is 19.4 Å². The van der Waals surface area contributed by atoms with E-state index in [-0.39, 0.29) is 5.56 Å². The number of hydrogen-bond donors (Lipinski definition) is 2. The zero-order chi connectivity index (χ0) is 16.6. The number of aromatic carboxylic acids is 1. The van der Waals surface area contributed by atoms with Crippen LogP contribution < -0.4 is 0 Å². The number of aromatic nitrogens is 1. The molecule has 0 unspecified atom stereocenters. The Morgan fingerprint density at radius 2 is 1.65 bits per heavy atom. The number of hydrogen-bond acceptors (Lipinski definition) is 3. The third kappa shape index (κ3) is 2.94. The predicted octanol–water partition coefficient (Wildman–Crippen LogP) is 3.83. The second-order valence-electron chi connectivity index (χ2n) is 6.03. The van der Waals surface area contributed by atoms with Gasteiger partial charge in [-0.15, -0.1) is 0 Å². The van der Waals surface area contributed by atoms with Crippen molar-refractivity contribution in [1.82, 2.24) is 4.98 Å². The van der Waals surface area contributed by atoms with Gasteiger partial charge in [0.05, 0.1) is 16.7 Å². The first-order chi connectivity index (χ1) is 10.9. The summed E-state index contributed by atoms with van der Waals surface area (Å²) in [6.07, 6.45) is 1.50. The van der Waals surface area contributed by atoms with Crippen LogP contribution in [0.4, 0.5) is 0 Å². The van der Waals surface area contributed by atoms with Crippen LogP contribution in [0.5, 0.6) is 0 Å². The van der Waals surface area contributed by atoms with Crippen molar-refractivity contribution >= 4 is 16.9 Å². The fourth-order valence-electron chi connectivity index (χ4n) is 2.58. The number of pyridine rings is 1. The van der Waals surface area contributed by atoms with Crippen molar-refractivity contribution in [2.75, 3.05) is 0 Å². The molecule has 3 aromatic rings. The highest BCUT2D eigenvalue weighted by atomic mass is 16.4. The van der Waals surface area contributed by atoms with Crippen LogP contribution in [0.2, 0.25) is 0 Å². The Morgan fingerprint density at radius 3 is 2.26 bits per heavy atom. The van der Waals surface area contributed by atoms with Crippen LogP contribution in [0.3, 0.4) is 0 Å². The van der Waals surface area contributed by atoms with E-state index in [9.17, 15) is 15.0 Å². The summed E-state index contributed by atoms with van der Waals surface area (Å²) in [4.78, 5) is 15.6. The number of nitrogens with zero attached hydrogens (tertiary/aromatic N) is 1. The summed E-state index contributed by atoms with van der Waals surface area (Å²) in [7, 11) is 0. The molecule has 0 aliphatic rings. The second-order valence-corrected chi connectivity index (χ2v) is 6.03. The number of carbonyl (C=O) groups is 1. The molecule has 0 saturated heterocycles. The van der Waals surface area contributed by atoms with Crippen molar-refractivity contribution < 1.29 is 15.0 Å². The minimum atomic E-state index is -0.966. The fourth-order valence-corrected chi connectivity index (χ4v) is 2.58. The summed E-state index contributed by atoms with van der Waals surface area (Å²) in [5, 5.41) is 19.9. The number of rotatable bonds is 3. The molecule has 23 heavy (non-hydrogen) atoms. The first-order valence-corrected chi connectivity index (χ1v) is 7.31. The summed E-state index contributed by atoms with van der Waals surface area (Å²) in [5.41, 5.74) is 2.71. The molecule has 0 aliphatic carbocycles. The van der Waals surface area contributed by atoms with Crippen LogP contribution in [0.1, 0.15) is 29.8 Å². The van der Waals surface area contributed by atoms with Crippen LogP contribution in [0.25, 0.3) is 22.0 Å². The Kier molecular flexibility index (Phi) is 3.62. The van der Waals surface area contributed by atoms with Crippen molar-refractivity contribution in [1.29, 1.82) is 0 Å². The van der Waals surface area contributed by atoms with E-state index in [1.807, 2.05) is 42.5 Å². The zero-order valence-electron chi connectivity index (χ0n) is 12.9. The van der Waals surface area contributed by atoms with Gasteiger partial charge in [-0.1, -0.05) is 30.3 Å². The molecule has 116 valence electrons. The molecule has 0 aliphatic heterocycles. The van der Waals surface area contributed by atoms with Crippen LogP contribution >= 0.6 is 0 Å². The van der Waals surface area contributed by atoms with Gasteiger partial charge in [-0.2, -0.15) is 0 Å². The molecule has 4 nitrogen and oxygen atoms in total. The van der Waals surface area contributed by atoms with Crippen molar-refractivity contribution in [3.63, 3.8) is 0 Å². The molecule has 1 aromatic heterocycles. The Morgan fingerprint density at radius 1 is 1.00 bits per heavy atom. The molecule has 0 bridgehead atoms. The number of fused-ring (bicyclic) bond motifs is 1. The van der Waals surface area contributed by atoms with Gasteiger partial charge in [0.1, 0.15) is 0 Å². The summed E-state index contributed by atoms with van der Waals surface area (Å²) in [6, 6.07) is 14.7. The van der Waals surface area contributed by atoms with Gasteiger partial charge < -0.3 is 10.2 Å². The van der Waals surface area contributed by atoms with E-state index in [1.54, 1.807) is 13.8 Å². The molecule has 0 fully saturated rings. The summed E-state index contributed by atoms with van der Waals surface area (Å²) in [5.74, 6) is -0.966. The smallest absolute Gasteiger partial charge is 0.336 e. The molecule has 0 radical (unpaired) electrons. The lowest BCUT2D eigenvalue weighted by Gasteiger charge is -2.18. The van der Waals surface area contributed by atoms with E-state index in [1.165, 1.54) is 12.3 Å². The lowest BCUT2D eigenvalue weighted by Crippen LogP contribution is -2.14. The lowest BCUT2D eigenvalue weighted by molar-refractivity contribution is 0.0698. The molecule has 1 heterocycles. The maximum absolute atomic E-state index is 11.4. The van der Waals surface area contributed by atoms with Gasteiger partial charge in [-0.3, -0.25) is 4.98 Å². The molecule has 0 saturated carbocycles. The third-order valence-corrected chi connectivity index (χ3v) is 3.90. The van der Waals surface area contributed by atoms with Gasteiger partial charge >= 0.3 is 5.97 Å². The maximum Gasteiger partial charge on any atom is 0.336 e. The van der Waals surface area contributed by atoms with Gasteiger partial charge in [0.15, 0.2) is 0 Å².